The van der Waals surface area contributed by atoms with E-state index in [1.807, 2.05) is 18.2 Å². The van der Waals surface area contributed by atoms with E-state index < -0.39 is 11.4 Å². The van der Waals surface area contributed by atoms with Gasteiger partial charge in [0.25, 0.3) is 0 Å². The standard InChI is InChI=1S/C20H20ClNO4/c1-13-5-6-16(12-17(13)18(23)24)22-19(25)20(7-9-26-10-8-20)14-3-2-4-15(21)11-14/h2-6,11-12H,7-10H2,1H3,(H,22,25)(H,23,24). The van der Waals surface area contributed by atoms with E-state index >= 15 is 0 Å². The highest BCUT2D eigenvalue weighted by Gasteiger charge is 2.41. The second kappa shape index (κ2) is 7.48. The second-order valence-electron chi connectivity index (χ2n) is 6.49. The fourth-order valence-corrected chi connectivity index (χ4v) is 3.52. The van der Waals surface area contributed by atoms with Crippen molar-refractivity contribution in [2.45, 2.75) is 25.2 Å². The number of carbonyl (C=O) groups excluding carboxylic acids is 1. The fraction of sp³-hybridized carbons (Fsp3) is 0.300. The highest BCUT2D eigenvalue weighted by Crippen LogP contribution is 2.37. The molecular weight excluding hydrogens is 354 g/mol. The minimum absolute atomic E-state index is 0.173. The Morgan fingerprint density at radius 1 is 1.15 bits per heavy atom. The minimum Gasteiger partial charge on any atom is -0.478 e. The van der Waals surface area contributed by atoms with Crippen molar-refractivity contribution in [2.75, 3.05) is 18.5 Å². The van der Waals surface area contributed by atoms with Gasteiger partial charge in [-0.3, -0.25) is 4.79 Å². The van der Waals surface area contributed by atoms with Gasteiger partial charge in [0.15, 0.2) is 0 Å². The number of carboxylic acid groups (broad SMARTS) is 1. The number of anilines is 1. The van der Waals surface area contributed by atoms with Crippen LogP contribution >= 0.6 is 11.6 Å². The normalized spacial score (nSPS) is 16.1. The van der Waals surface area contributed by atoms with Crippen molar-refractivity contribution in [3.63, 3.8) is 0 Å². The van der Waals surface area contributed by atoms with Crippen molar-refractivity contribution in [2.24, 2.45) is 0 Å². The molecule has 0 aliphatic carbocycles. The minimum atomic E-state index is -1.02. The van der Waals surface area contributed by atoms with Crippen molar-refractivity contribution in [1.29, 1.82) is 0 Å². The van der Waals surface area contributed by atoms with E-state index in [1.54, 1.807) is 25.1 Å². The van der Waals surface area contributed by atoms with E-state index in [9.17, 15) is 14.7 Å². The van der Waals surface area contributed by atoms with Crippen LogP contribution in [0.5, 0.6) is 0 Å². The van der Waals surface area contributed by atoms with E-state index in [2.05, 4.69) is 5.32 Å². The number of carboxylic acids is 1. The summed E-state index contributed by atoms with van der Waals surface area (Å²) in [5.41, 5.74) is 1.37. The van der Waals surface area contributed by atoms with Crippen molar-refractivity contribution in [1.82, 2.24) is 0 Å². The first-order valence-corrected chi connectivity index (χ1v) is 8.79. The van der Waals surface area contributed by atoms with E-state index in [4.69, 9.17) is 16.3 Å². The van der Waals surface area contributed by atoms with Gasteiger partial charge in [-0.2, -0.15) is 0 Å². The van der Waals surface area contributed by atoms with E-state index in [1.165, 1.54) is 6.07 Å². The van der Waals surface area contributed by atoms with Crippen LogP contribution in [0.2, 0.25) is 5.02 Å². The Kier molecular flexibility index (Phi) is 5.30. The number of halogens is 1. The first-order chi connectivity index (χ1) is 12.4. The highest BCUT2D eigenvalue weighted by molar-refractivity contribution is 6.30. The third-order valence-corrected chi connectivity index (χ3v) is 5.12. The third-order valence-electron chi connectivity index (χ3n) is 4.88. The molecule has 0 bridgehead atoms. The smallest absolute Gasteiger partial charge is 0.336 e. The monoisotopic (exact) mass is 373 g/mol. The average Bonchev–Trinajstić information content (AvgIpc) is 2.63. The molecule has 0 aromatic heterocycles. The summed E-state index contributed by atoms with van der Waals surface area (Å²) < 4.78 is 5.45. The van der Waals surface area contributed by atoms with Crippen LogP contribution in [0.15, 0.2) is 42.5 Å². The number of aryl methyl sites for hydroxylation is 1. The maximum absolute atomic E-state index is 13.2. The largest absolute Gasteiger partial charge is 0.478 e. The zero-order chi connectivity index (χ0) is 18.7. The van der Waals surface area contributed by atoms with Crippen LogP contribution in [0.1, 0.15) is 34.3 Å². The molecule has 5 nitrogen and oxygen atoms in total. The Morgan fingerprint density at radius 2 is 1.88 bits per heavy atom. The van der Waals surface area contributed by atoms with E-state index in [-0.39, 0.29) is 11.5 Å². The molecule has 0 unspecified atom stereocenters. The number of aromatic carboxylic acids is 1. The summed E-state index contributed by atoms with van der Waals surface area (Å²) in [5, 5.41) is 12.8. The maximum atomic E-state index is 13.2. The van der Waals surface area contributed by atoms with Crippen molar-refractivity contribution < 1.29 is 19.4 Å². The molecule has 26 heavy (non-hydrogen) atoms. The molecule has 0 spiro atoms. The van der Waals surface area contributed by atoms with Gasteiger partial charge in [0.2, 0.25) is 5.91 Å². The van der Waals surface area contributed by atoms with Crippen LogP contribution < -0.4 is 5.32 Å². The Balaban J connectivity index is 1.94. The topological polar surface area (TPSA) is 75.6 Å². The zero-order valence-electron chi connectivity index (χ0n) is 14.4. The molecule has 1 heterocycles. The summed E-state index contributed by atoms with van der Waals surface area (Å²) in [6.07, 6.45) is 1.08. The van der Waals surface area contributed by atoms with E-state index in [0.717, 1.165) is 5.56 Å². The molecule has 1 fully saturated rings. The number of benzene rings is 2. The molecule has 0 atom stereocenters. The zero-order valence-corrected chi connectivity index (χ0v) is 15.2. The van der Waals surface area contributed by atoms with Crippen molar-refractivity contribution in [3.8, 4) is 0 Å². The summed E-state index contributed by atoms with van der Waals surface area (Å²) >= 11 is 6.14. The van der Waals surface area contributed by atoms with Gasteiger partial charge < -0.3 is 15.2 Å². The van der Waals surface area contributed by atoms with Gasteiger partial charge in [-0.1, -0.05) is 29.8 Å². The summed E-state index contributed by atoms with van der Waals surface area (Å²) in [5.74, 6) is -1.20. The number of amides is 1. The third kappa shape index (κ3) is 3.59. The van der Waals surface area contributed by atoms with Crippen LogP contribution in [0.4, 0.5) is 5.69 Å². The predicted molar refractivity (Wildman–Crippen MR) is 100.0 cm³/mol. The summed E-state index contributed by atoms with van der Waals surface area (Å²) in [6.45, 7) is 2.68. The molecule has 1 aliphatic rings. The van der Waals surface area contributed by atoms with Gasteiger partial charge in [0.1, 0.15) is 0 Å². The van der Waals surface area contributed by atoms with E-state index in [0.29, 0.717) is 42.3 Å². The molecule has 1 saturated heterocycles. The Bertz CT molecular complexity index is 843. The lowest BCUT2D eigenvalue weighted by Gasteiger charge is -2.36. The molecule has 1 aliphatic heterocycles. The number of hydrogen-bond donors (Lipinski definition) is 2. The SMILES string of the molecule is Cc1ccc(NC(=O)C2(c3cccc(Cl)c3)CCOCC2)cc1C(=O)O. The second-order valence-corrected chi connectivity index (χ2v) is 6.93. The lowest BCUT2D eigenvalue weighted by Crippen LogP contribution is -2.44. The molecule has 6 heteroatoms. The lowest BCUT2D eigenvalue weighted by molar-refractivity contribution is -0.125. The average molecular weight is 374 g/mol. The van der Waals surface area contributed by atoms with Gasteiger partial charge in [0.05, 0.1) is 11.0 Å². The van der Waals surface area contributed by atoms with Crippen LogP contribution in [0.3, 0.4) is 0 Å². The quantitative estimate of drug-likeness (QED) is 0.848. The van der Waals surface area contributed by atoms with Crippen LogP contribution in [-0.2, 0) is 14.9 Å². The summed E-state index contributed by atoms with van der Waals surface area (Å²) in [4.78, 5) is 24.5. The summed E-state index contributed by atoms with van der Waals surface area (Å²) in [7, 11) is 0. The Labute approximate surface area is 156 Å². The Hall–Kier alpha value is -2.37. The predicted octanol–water partition coefficient (Wildman–Crippen LogP) is 4.03. The molecule has 2 aromatic rings. The first-order valence-electron chi connectivity index (χ1n) is 8.41. The molecule has 3 rings (SSSR count). The van der Waals surface area contributed by atoms with Gasteiger partial charge in [0, 0.05) is 23.9 Å². The van der Waals surface area contributed by atoms with Crippen LogP contribution in [0, 0.1) is 6.92 Å². The van der Waals surface area contributed by atoms with Gasteiger partial charge in [-0.15, -0.1) is 0 Å². The first kappa shape index (κ1) is 18.4. The van der Waals surface area contributed by atoms with Crippen LogP contribution in [-0.4, -0.2) is 30.2 Å². The molecule has 136 valence electrons. The number of hydrogen-bond acceptors (Lipinski definition) is 3. The Morgan fingerprint density at radius 3 is 2.54 bits per heavy atom. The molecule has 2 aromatic carbocycles. The number of rotatable bonds is 4. The fourth-order valence-electron chi connectivity index (χ4n) is 3.33. The lowest BCUT2D eigenvalue weighted by atomic mass is 9.73. The molecule has 2 N–H and O–H groups in total. The summed E-state index contributed by atoms with van der Waals surface area (Å²) in [6, 6.07) is 12.2. The number of ether oxygens (including phenoxy) is 1. The molecule has 0 radical (unpaired) electrons. The van der Waals surface area contributed by atoms with Crippen molar-refractivity contribution in [3.05, 3.63) is 64.2 Å². The number of nitrogens with one attached hydrogen (secondary N) is 1. The van der Waals surface area contributed by atoms with Crippen LogP contribution in [0.25, 0.3) is 0 Å². The van der Waals surface area contributed by atoms with Crippen molar-refractivity contribution >= 4 is 29.2 Å². The van der Waals surface area contributed by atoms with Gasteiger partial charge in [-0.25, -0.2) is 4.79 Å². The van der Waals surface area contributed by atoms with Gasteiger partial charge in [-0.05, 0) is 55.2 Å². The number of carbonyl (C=O) groups is 2. The molecular formula is C20H20ClNO4. The molecule has 0 saturated carbocycles. The maximum Gasteiger partial charge on any atom is 0.336 e. The highest BCUT2D eigenvalue weighted by atomic mass is 35.5. The molecule has 1 amide bonds. The van der Waals surface area contributed by atoms with Gasteiger partial charge >= 0.3 is 5.97 Å².